The van der Waals surface area contributed by atoms with Crippen LogP contribution in [0.1, 0.15) is 13.8 Å². The maximum Gasteiger partial charge on any atom is 0.209 e. The van der Waals surface area contributed by atoms with Gasteiger partial charge >= 0.3 is 0 Å². The normalized spacial score (nSPS) is 18.8. The van der Waals surface area contributed by atoms with Crippen LogP contribution >= 0.6 is 0 Å². The van der Waals surface area contributed by atoms with Gasteiger partial charge in [-0.15, -0.1) is 0 Å². The Hall–Kier alpha value is -0.580. The summed E-state index contributed by atoms with van der Waals surface area (Å²) in [5.74, 6) is 0.368. The highest BCUT2D eigenvalue weighted by Crippen LogP contribution is 2.17. The lowest BCUT2D eigenvalue weighted by Crippen LogP contribution is -2.49. The van der Waals surface area contributed by atoms with Crippen LogP contribution in [0.5, 0.6) is 0 Å². The van der Waals surface area contributed by atoms with Crippen molar-refractivity contribution in [2.75, 3.05) is 18.8 Å². The lowest BCUT2D eigenvalue weighted by atomic mass is 10.0. The summed E-state index contributed by atoms with van der Waals surface area (Å²) in [4.78, 5) is 11.8. The van der Waals surface area contributed by atoms with E-state index < -0.39 is 9.84 Å². The molecule has 0 saturated carbocycles. The molecule has 0 aliphatic carbocycles. The van der Waals surface area contributed by atoms with Gasteiger partial charge in [-0.05, 0) is 13.8 Å². The Morgan fingerprint density at radius 1 is 1.46 bits per heavy atom. The largest absolute Gasteiger partial charge is 0.345 e. The molecular weight excluding hydrogens is 190 g/mol. The van der Waals surface area contributed by atoms with E-state index in [9.17, 15) is 13.2 Å². The molecule has 0 N–H and O–H groups in total. The fourth-order valence-corrected chi connectivity index (χ4v) is 2.58. The average Bonchev–Trinajstić information content (AvgIpc) is 1.95. The molecule has 1 saturated heterocycles. The average molecular weight is 205 g/mol. The van der Waals surface area contributed by atoms with Crippen LogP contribution in [0.2, 0.25) is 0 Å². The number of nitrogens with zero attached hydrogens (tertiary/aromatic N) is 1. The molecule has 1 rings (SSSR count). The number of likely N-dealkylation sites (tertiary alicyclic amines) is 1. The van der Waals surface area contributed by atoms with E-state index in [1.165, 1.54) is 0 Å². The summed E-state index contributed by atoms with van der Waals surface area (Å²) < 4.78 is 22.8. The SMILES string of the molecule is CC(C)S(=O)(=O)CC1CN(C=O)C1. The van der Waals surface area contributed by atoms with Crippen LogP contribution in [0.3, 0.4) is 0 Å². The maximum absolute atomic E-state index is 11.4. The number of rotatable bonds is 4. The van der Waals surface area contributed by atoms with E-state index in [-0.39, 0.29) is 16.9 Å². The summed E-state index contributed by atoms with van der Waals surface area (Å²) in [5, 5.41) is -0.308. The Labute approximate surface area is 78.8 Å². The predicted molar refractivity (Wildman–Crippen MR) is 50.0 cm³/mol. The third kappa shape index (κ3) is 2.43. The molecule has 0 aromatic heterocycles. The van der Waals surface area contributed by atoms with Crippen molar-refractivity contribution in [1.82, 2.24) is 4.90 Å². The summed E-state index contributed by atoms with van der Waals surface area (Å²) in [6.45, 7) is 4.56. The second-order valence-electron chi connectivity index (χ2n) is 3.80. The van der Waals surface area contributed by atoms with Gasteiger partial charge in [0.15, 0.2) is 9.84 Å². The van der Waals surface area contributed by atoms with Crippen LogP contribution in [0.15, 0.2) is 0 Å². The molecule has 0 aromatic rings. The first-order valence-electron chi connectivity index (χ1n) is 4.36. The summed E-state index contributed by atoms with van der Waals surface area (Å²) in [6.07, 6.45) is 0.762. The van der Waals surface area contributed by atoms with E-state index in [0.717, 1.165) is 6.41 Å². The molecule has 0 unspecified atom stereocenters. The van der Waals surface area contributed by atoms with Gasteiger partial charge in [-0.1, -0.05) is 0 Å². The molecule has 1 aliphatic heterocycles. The summed E-state index contributed by atoms with van der Waals surface area (Å²) >= 11 is 0. The van der Waals surface area contributed by atoms with Crippen molar-refractivity contribution in [2.24, 2.45) is 5.92 Å². The smallest absolute Gasteiger partial charge is 0.209 e. The number of sulfone groups is 1. The van der Waals surface area contributed by atoms with E-state index in [0.29, 0.717) is 13.1 Å². The van der Waals surface area contributed by atoms with Crippen LogP contribution in [0.25, 0.3) is 0 Å². The second-order valence-corrected chi connectivity index (χ2v) is 6.41. The standard InChI is InChI=1S/C8H15NO3S/c1-7(2)13(11,12)5-8-3-9(4-8)6-10/h6-8H,3-5H2,1-2H3. The molecule has 0 aromatic carbocycles. The summed E-state index contributed by atoms with van der Waals surface area (Å²) in [6, 6.07) is 0. The molecule has 0 bridgehead atoms. The number of hydrogen-bond donors (Lipinski definition) is 0. The number of amides is 1. The maximum atomic E-state index is 11.4. The van der Waals surface area contributed by atoms with E-state index in [1.54, 1.807) is 18.7 Å². The highest BCUT2D eigenvalue weighted by Gasteiger charge is 2.31. The van der Waals surface area contributed by atoms with E-state index >= 15 is 0 Å². The Kier molecular flexibility index (Phi) is 2.95. The van der Waals surface area contributed by atoms with Crippen molar-refractivity contribution in [3.63, 3.8) is 0 Å². The van der Waals surface area contributed by atoms with Gasteiger partial charge in [0.05, 0.1) is 11.0 Å². The van der Waals surface area contributed by atoms with E-state index in [2.05, 4.69) is 0 Å². The zero-order valence-corrected chi connectivity index (χ0v) is 8.75. The van der Waals surface area contributed by atoms with Crippen LogP contribution in [0.4, 0.5) is 0 Å². The third-order valence-corrected chi connectivity index (χ3v) is 4.69. The molecule has 0 radical (unpaired) electrons. The van der Waals surface area contributed by atoms with Gasteiger partial charge < -0.3 is 4.90 Å². The Morgan fingerprint density at radius 3 is 2.38 bits per heavy atom. The van der Waals surface area contributed by atoms with E-state index in [4.69, 9.17) is 0 Å². The van der Waals surface area contributed by atoms with E-state index in [1.807, 2.05) is 0 Å². The van der Waals surface area contributed by atoms with Gasteiger partial charge in [-0.3, -0.25) is 4.79 Å². The number of carbonyl (C=O) groups is 1. The van der Waals surface area contributed by atoms with Crippen molar-refractivity contribution in [1.29, 1.82) is 0 Å². The highest BCUT2D eigenvalue weighted by molar-refractivity contribution is 7.91. The molecule has 4 nitrogen and oxygen atoms in total. The highest BCUT2D eigenvalue weighted by atomic mass is 32.2. The summed E-state index contributed by atoms with van der Waals surface area (Å²) in [5.41, 5.74) is 0. The molecule has 76 valence electrons. The lowest BCUT2D eigenvalue weighted by molar-refractivity contribution is -0.123. The minimum Gasteiger partial charge on any atom is -0.345 e. The van der Waals surface area contributed by atoms with Crippen LogP contribution < -0.4 is 0 Å². The molecule has 0 atom stereocenters. The Morgan fingerprint density at radius 2 is 2.00 bits per heavy atom. The molecule has 13 heavy (non-hydrogen) atoms. The van der Waals surface area contributed by atoms with Gasteiger partial charge in [0.2, 0.25) is 6.41 Å². The number of carbonyl (C=O) groups excluding carboxylic acids is 1. The lowest BCUT2D eigenvalue weighted by Gasteiger charge is -2.36. The first-order chi connectivity index (χ1) is 5.95. The topological polar surface area (TPSA) is 54.5 Å². The molecule has 0 spiro atoms. The van der Waals surface area contributed by atoms with Gasteiger partial charge in [0.1, 0.15) is 0 Å². The van der Waals surface area contributed by atoms with Crippen molar-refractivity contribution < 1.29 is 13.2 Å². The van der Waals surface area contributed by atoms with Gasteiger partial charge in [0.25, 0.3) is 0 Å². The zero-order chi connectivity index (χ0) is 10.1. The molecule has 1 heterocycles. The monoisotopic (exact) mass is 205 g/mol. The molecular formula is C8H15NO3S. The van der Waals surface area contributed by atoms with Gasteiger partial charge in [-0.25, -0.2) is 8.42 Å². The fourth-order valence-electron chi connectivity index (χ4n) is 1.32. The molecule has 1 amide bonds. The van der Waals surface area contributed by atoms with Crippen LogP contribution in [0, 0.1) is 5.92 Å². The molecule has 1 fully saturated rings. The predicted octanol–water partition coefficient (Wildman–Crippen LogP) is -0.102. The number of hydrogen-bond acceptors (Lipinski definition) is 3. The third-order valence-electron chi connectivity index (χ3n) is 2.32. The van der Waals surface area contributed by atoms with Crippen LogP contribution in [-0.2, 0) is 14.6 Å². The van der Waals surface area contributed by atoms with Gasteiger partial charge in [-0.2, -0.15) is 0 Å². The van der Waals surface area contributed by atoms with Crippen molar-refractivity contribution in [2.45, 2.75) is 19.1 Å². The van der Waals surface area contributed by atoms with Crippen molar-refractivity contribution in [3.8, 4) is 0 Å². The van der Waals surface area contributed by atoms with Crippen LogP contribution in [-0.4, -0.2) is 43.8 Å². The van der Waals surface area contributed by atoms with Crippen molar-refractivity contribution >= 4 is 16.2 Å². The Balaban J connectivity index is 2.40. The quantitative estimate of drug-likeness (QED) is 0.602. The van der Waals surface area contributed by atoms with Gasteiger partial charge in [0, 0.05) is 19.0 Å². The Bertz CT molecular complexity index is 278. The molecule has 5 heteroatoms. The van der Waals surface area contributed by atoms with Crippen molar-refractivity contribution in [3.05, 3.63) is 0 Å². The second kappa shape index (κ2) is 3.65. The first-order valence-corrected chi connectivity index (χ1v) is 6.08. The molecule has 1 aliphatic rings. The zero-order valence-electron chi connectivity index (χ0n) is 7.93. The fraction of sp³-hybridized carbons (Fsp3) is 0.875. The minimum atomic E-state index is -2.93. The first kappa shape index (κ1) is 10.5. The summed E-state index contributed by atoms with van der Waals surface area (Å²) in [7, 11) is -2.93. The minimum absolute atomic E-state index is 0.151.